The van der Waals surface area contributed by atoms with Gasteiger partial charge in [-0.15, -0.1) is 0 Å². The van der Waals surface area contributed by atoms with Crippen LogP contribution in [0.5, 0.6) is 0 Å². The van der Waals surface area contributed by atoms with Gasteiger partial charge in [-0.3, -0.25) is 24.3 Å². The highest BCUT2D eigenvalue weighted by molar-refractivity contribution is 9.10. The molecule has 10 heteroatoms. The molecule has 1 amide bonds. The zero-order chi connectivity index (χ0) is 17.1. The standard InChI is InChI=1S/C13H17BrN6O3/c1-8-13(20(22)23)9(2)19(17-8)5-4-12(21)15-7-11-10(14)6-16-18(11)3/h6H,4-5,7H2,1-3H3,(H,15,21). The van der Waals surface area contributed by atoms with E-state index in [0.29, 0.717) is 24.5 Å². The molecule has 1 N–H and O–H groups in total. The van der Waals surface area contributed by atoms with E-state index >= 15 is 0 Å². The van der Waals surface area contributed by atoms with Gasteiger partial charge in [0.1, 0.15) is 11.4 Å². The molecule has 9 nitrogen and oxygen atoms in total. The first kappa shape index (κ1) is 17.1. The first-order chi connectivity index (χ1) is 10.8. The molecule has 0 saturated carbocycles. The largest absolute Gasteiger partial charge is 0.350 e. The average Bonchev–Trinajstić information content (AvgIpc) is 2.94. The highest BCUT2D eigenvalue weighted by Crippen LogP contribution is 2.21. The molecule has 0 aliphatic heterocycles. The maximum Gasteiger partial charge on any atom is 0.312 e. The van der Waals surface area contributed by atoms with Crippen molar-refractivity contribution in [2.45, 2.75) is 33.4 Å². The normalized spacial score (nSPS) is 10.8. The first-order valence-corrected chi connectivity index (χ1v) is 7.72. The Morgan fingerprint density at radius 3 is 2.70 bits per heavy atom. The van der Waals surface area contributed by atoms with E-state index < -0.39 is 4.92 Å². The number of halogens is 1. The average molecular weight is 385 g/mol. The molecule has 0 saturated heterocycles. The van der Waals surface area contributed by atoms with Crippen LogP contribution in [0.15, 0.2) is 10.7 Å². The van der Waals surface area contributed by atoms with Crippen molar-refractivity contribution in [2.24, 2.45) is 7.05 Å². The number of aryl methyl sites for hydroxylation is 3. The van der Waals surface area contributed by atoms with Gasteiger partial charge in [-0.2, -0.15) is 10.2 Å². The second kappa shape index (κ2) is 6.90. The molecule has 2 heterocycles. The molecule has 2 rings (SSSR count). The van der Waals surface area contributed by atoms with Crippen LogP contribution in [0.25, 0.3) is 0 Å². The van der Waals surface area contributed by atoms with Crippen LogP contribution in [-0.2, 0) is 24.9 Å². The van der Waals surface area contributed by atoms with Crippen molar-refractivity contribution in [3.8, 4) is 0 Å². The molecular weight excluding hydrogens is 368 g/mol. The highest BCUT2D eigenvalue weighted by Gasteiger charge is 2.21. The van der Waals surface area contributed by atoms with Crippen LogP contribution < -0.4 is 5.32 Å². The Kier molecular flexibility index (Phi) is 5.14. The lowest BCUT2D eigenvalue weighted by molar-refractivity contribution is -0.386. The van der Waals surface area contributed by atoms with Crippen LogP contribution in [0.3, 0.4) is 0 Å². The van der Waals surface area contributed by atoms with Gasteiger partial charge >= 0.3 is 5.69 Å². The monoisotopic (exact) mass is 384 g/mol. The number of carbonyl (C=O) groups is 1. The minimum absolute atomic E-state index is 0.00391. The van der Waals surface area contributed by atoms with E-state index in [1.807, 2.05) is 0 Å². The third kappa shape index (κ3) is 3.76. The van der Waals surface area contributed by atoms with E-state index in [9.17, 15) is 14.9 Å². The SMILES string of the molecule is Cc1nn(CCC(=O)NCc2c(Br)cnn2C)c(C)c1[N+](=O)[O-]. The summed E-state index contributed by atoms with van der Waals surface area (Å²) in [7, 11) is 1.79. The Labute approximate surface area is 140 Å². The maximum atomic E-state index is 11.9. The third-order valence-corrected chi connectivity index (χ3v) is 4.20. The van der Waals surface area contributed by atoms with E-state index in [1.165, 1.54) is 4.68 Å². The number of aromatic nitrogens is 4. The number of nitrogens with one attached hydrogen (secondary N) is 1. The molecule has 2 aromatic heterocycles. The summed E-state index contributed by atoms with van der Waals surface area (Å²) in [6, 6.07) is 0. The number of nitrogens with zero attached hydrogens (tertiary/aromatic N) is 5. The van der Waals surface area contributed by atoms with Crippen LogP contribution in [0.1, 0.15) is 23.5 Å². The summed E-state index contributed by atoms with van der Waals surface area (Å²) in [5.74, 6) is -0.159. The van der Waals surface area contributed by atoms with Gasteiger partial charge in [-0.1, -0.05) is 0 Å². The number of amides is 1. The summed E-state index contributed by atoms with van der Waals surface area (Å²) >= 11 is 3.36. The topological polar surface area (TPSA) is 108 Å². The van der Waals surface area contributed by atoms with Crippen molar-refractivity contribution in [3.63, 3.8) is 0 Å². The Balaban J connectivity index is 1.93. The lowest BCUT2D eigenvalue weighted by Gasteiger charge is -2.07. The van der Waals surface area contributed by atoms with Gasteiger partial charge in [0.25, 0.3) is 0 Å². The van der Waals surface area contributed by atoms with Crippen molar-refractivity contribution in [1.29, 1.82) is 0 Å². The number of hydrogen-bond acceptors (Lipinski definition) is 5. The quantitative estimate of drug-likeness (QED) is 0.601. The summed E-state index contributed by atoms with van der Waals surface area (Å²) in [6.07, 6.45) is 1.85. The Morgan fingerprint density at radius 2 is 2.17 bits per heavy atom. The van der Waals surface area contributed by atoms with Gasteiger partial charge in [0, 0.05) is 13.5 Å². The molecule has 0 aliphatic rings. The Bertz CT molecular complexity index is 732. The molecule has 0 radical (unpaired) electrons. The molecule has 0 bridgehead atoms. The van der Waals surface area contributed by atoms with Crippen LogP contribution in [0.4, 0.5) is 5.69 Å². The second-order valence-electron chi connectivity index (χ2n) is 5.09. The van der Waals surface area contributed by atoms with Crippen molar-refractivity contribution in [2.75, 3.05) is 0 Å². The summed E-state index contributed by atoms with van der Waals surface area (Å²) in [5, 5.41) is 21.9. The number of rotatable bonds is 6. The van der Waals surface area contributed by atoms with Gasteiger partial charge in [-0.05, 0) is 29.8 Å². The van der Waals surface area contributed by atoms with E-state index in [1.54, 1.807) is 31.8 Å². The molecule has 0 spiro atoms. The van der Waals surface area contributed by atoms with E-state index in [-0.39, 0.29) is 18.0 Å². The fourth-order valence-electron chi connectivity index (χ4n) is 2.28. The van der Waals surface area contributed by atoms with Crippen LogP contribution in [-0.4, -0.2) is 30.4 Å². The molecule has 124 valence electrons. The minimum Gasteiger partial charge on any atom is -0.350 e. The van der Waals surface area contributed by atoms with Crippen molar-refractivity contribution in [1.82, 2.24) is 24.9 Å². The minimum atomic E-state index is -0.450. The van der Waals surface area contributed by atoms with Gasteiger partial charge in [0.2, 0.25) is 5.91 Å². The van der Waals surface area contributed by atoms with Gasteiger partial charge < -0.3 is 5.32 Å². The molecule has 0 unspecified atom stereocenters. The van der Waals surface area contributed by atoms with Crippen molar-refractivity contribution < 1.29 is 9.72 Å². The van der Waals surface area contributed by atoms with Crippen LogP contribution in [0, 0.1) is 24.0 Å². The Hall–Kier alpha value is -2.23. The van der Waals surface area contributed by atoms with E-state index in [0.717, 1.165) is 10.2 Å². The molecule has 23 heavy (non-hydrogen) atoms. The second-order valence-corrected chi connectivity index (χ2v) is 5.94. The molecule has 0 atom stereocenters. The molecule has 0 aliphatic carbocycles. The summed E-state index contributed by atoms with van der Waals surface area (Å²) < 4.78 is 4.00. The lowest BCUT2D eigenvalue weighted by atomic mass is 10.3. The summed E-state index contributed by atoms with van der Waals surface area (Å²) in [4.78, 5) is 22.4. The highest BCUT2D eigenvalue weighted by atomic mass is 79.9. The van der Waals surface area contributed by atoms with Crippen molar-refractivity contribution in [3.05, 3.63) is 37.9 Å². The molecule has 0 fully saturated rings. The molecule has 2 aromatic rings. The molecular formula is C13H17BrN6O3. The Morgan fingerprint density at radius 1 is 1.48 bits per heavy atom. The zero-order valence-electron chi connectivity index (χ0n) is 13.0. The van der Waals surface area contributed by atoms with Crippen molar-refractivity contribution >= 4 is 27.5 Å². The fourth-order valence-corrected chi connectivity index (χ4v) is 2.77. The van der Waals surface area contributed by atoms with Gasteiger partial charge in [0.15, 0.2) is 0 Å². The maximum absolute atomic E-state index is 11.9. The number of nitro groups is 1. The molecule has 0 aromatic carbocycles. The van der Waals surface area contributed by atoms with Gasteiger partial charge in [0.05, 0.1) is 34.4 Å². The predicted octanol–water partition coefficient (Wildman–Crippen LogP) is 1.61. The summed E-state index contributed by atoms with van der Waals surface area (Å²) in [5.41, 5.74) is 1.67. The lowest BCUT2D eigenvalue weighted by Crippen LogP contribution is -2.25. The first-order valence-electron chi connectivity index (χ1n) is 6.92. The smallest absolute Gasteiger partial charge is 0.312 e. The van der Waals surface area contributed by atoms with Crippen LogP contribution >= 0.6 is 15.9 Å². The van der Waals surface area contributed by atoms with E-state index in [4.69, 9.17) is 0 Å². The third-order valence-electron chi connectivity index (χ3n) is 3.54. The summed E-state index contributed by atoms with van der Waals surface area (Å²) in [6.45, 7) is 3.86. The predicted molar refractivity (Wildman–Crippen MR) is 85.7 cm³/mol. The number of hydrogen-bond donors (Lipinski definition) is 1. The number of carbonyl (C=O) groups excluding carboxylic acids is 1. The van der Waals surface area contributed by atoms with Gasteiger partial charge in [-0.25, -0.2) is 0 Å². The van der Waals surface area contributed by atoms with E-state index in [2.05, 4.69) is 31.4 Å². The zero-order valence-corrected chi connectivity index (χ0v) is 14.6. The van der Waals surface area contributed by atoms with Crippen LogP contribution in [0.2, 0.25) is 0 Å². The fraction of sp³-hybridized carbons (Fsp3) is 0.462.